The largest absolute Gasteiger partial charge is 0.468 e. The SMILES string of the molecule is COC(=O)CN[C@H]1CC[C@@H](CN(C)c2ccc(Br)c(F)n2)CC1. The molecular weight excluding hydrogens is 365 g/mol. The van der Waals surface area contributed by atoms with Crippen molar-refractivity contribution in [2.75, 3.05) is 32.1 Å². The van der Waals surface area contributed by atoms with Crippen LogP contribution in [0.15, 0.2) is 16.6 Å². The van der Waals surface area contributed by atoms with Crippen molar-refractivity contribution in [1.29, 1.82) is 0 Å². The number of anilines is 1. The van der Waals surface area contributed by atoms with Crippen LogP contribution in [0.4, 0.5) is 10.2 Å². The number of pyridine rings is 1. The maximum atomic E-state index is 13.5. The molecule has 0 saturated heterocycles. The van der Waals surface area contributed by atoms with Crippen molar-refractivity contribution in [2.24, 2.45) is 5.92 Å². The first-order valence-electron chi connectivity index (χ1n) is 7.83. The summed E-state index contributed by atoms with van der Waals surface area (Å²) in [7, 11) is 3.34. The number of methoxy groups -OCH3 is 1. The van der Waals surface area contributed by atoms with Gasteiger partial charge in [-0.2, -0.15) is 4.39 Å². The zero-order valence-electron chi connectivity index (χ0n) is 13.5. The fourth-order valence-corrected chi connectivity index (χ4v) is 3.17. The fourth-order valence-electron chi connectivity index (χ4n) is 2.95. The van der Waals surface area contributed by atoms with E-state index in [4.69, 9.17) is 0 Å². The Kier molecular flexibility index (Phi) is 6.77. The number of esters is 1. The number of nitrogens with zero attached hydrogens (tertiary/aromatic N) is 2. The number of hydrogen-bond donors (Lipinski definition) is 1. The van der Waals surface area contributed by atoms with Gasteiger partial charge in [0.05, 0.1) is 18.1 Å². The molecule has 1 aliphatic carbocycles. The summed E-state index contributed by atoms with van der Waals surface area (Å²) < 4.78 is 18.5. The molecule has 0 radical (unpaired) electrons. The van der Waals surface area contributed by atoms with Crippen LogP contribution < -0.4 is 10.2 Å². The number of aromatic nitrogens is 1. The molecule has 1 aromatic rings. The smallest absolute Gasteiger partial charge is 0.319 e. The third kappa shape index (κ3) is 5.42. The summed E-state index contributed by atoms with van der Waals surface area (Å²) in [6, 6.07) is 3.87. The predicted molar refractivity (Wildman–Crippen MR) is 90.9 cm³/mol. The van der Waals surface area contributed by atoms with E-state index in [2.05, 4.69) is 31.0 Å². The number of carbonyl (C=O) groups is 1. The van der Waals surface area contributed by atoms with Gasteiger partial charge < -0.3 is 15.0 Å². The lowest BCUT2D eigenvalue weighted by molar-refractivity contribution is -0.139. The van der Waals surface area contributed by atoms with Gasteiger partial charge in [-0.3, -0.25) is 4.79 Å². The summed E-state index contributed by atoms with van der Waals surface area (Å²) in [6.07, 6.45) is 4.25. The summed E-state index contributed by atoms with van der Waals surface area (Å²) in [4.78, 5) is 17.1. The minimum atomic E-state index is -0.481. The van der Waals surface area contributed by atoms with E-state index in [0.29, 0.717) is 22.3 Å². The highest BCUT2D eigenvalue weighted by molar-refractivity contribution is 9.10. The monoisotopic (exact) mass is 387 g/mol. The van der Waals surface area contributed by atoms with Gasteiger partial charge in [0.15, 0.2) is 0 Å². The molecule has 5 nitrogen and oxygen atoms in total. The van der Waals surface area contributed by atoms with Crippen LogP contribution in [0, 0.1) is 11.9 Å². The zero-order chi connectivity index (χ0) is 16.8. The maximum absolute atomic E-state index is 13.5. The first-order valence-corrected chi connectivity index (χ1v) is 8.62. The highest BCUT2D eigenvalue weighted by atomic mass is 79.9. The lowest BCUT2D eigenvalue weighted by atomic mass is 9.85. The molecule has 0 bridgehead atoms. The van der Waals surface area contributed by atoms with Gasteiger partial charge in [-0.05, 0) is 59.7 Å². The molecule has 0 aromatic carbocycles. The van der Waals surface area contributed by atoms with Crippen LogP contribution in [0.3, 0.4) is 0 Å². The fraction of sp³-hybridized carbons (Fsp3) is 0.625. The Morgan fingerprint density at radius 1 is 1.43 bits per heavy atom. The molecule has 1 heterocycles. The van der Waals surface area contributed by atoms with Crippen molar-refractivity contribution in [3.63, 3.8) is 0 Å². The van der Waals surface area contributed by atoms with E-state index in [-0.39, 0.29) is 12.5 Å². The predicted octanol–water partition coefficient (Wildman–Crippen LogP) is 2.74. The average Bonchev–Trinajstić information content (AvgIpc) is 2.56. The first kappa shape index (κ1) is 18.1. The molecule has 1 N–H and O–H groups in total. The van der Waals surface area contributed by atoms with Gasteiger partial charge in [0.2, 0.25) is 5.95 Å². The third-order valence-electron chi connectivity index (χ3n) is 4.32. The van der Waals surface area contributed by atoms with Crippen molar-refractivity contribution in [3.05, 3.63) is 22.6 Å². The summed E-state index contributed by atoms with van der Waals surface area (Å²) in [5.74, 6) is 0.501. The van der Waals surface area contributed by atoms with Crippen LogP contribution in [0.2, 0.25) is 0 Å². The second kappa shape index (κ2) is 8.59. The lowest BCUT2D eigenvalue weighted by Gasteiger charge is -2.32. The van der Waals surface area contributed by atoms with E-state index in [1.807, 2.05) is 18.0 Å². The van der Waals surface area contributed by atoms with Crippen LogP contribution in [-0.4, -0.2) is 44.2 Å². The Hall–Kier alpha value is -1.21. The number of ether oxygens (including phenoxy) is 1. The van der Waals surface area contributed by atoms with Gasteiger partial charge in [-0.25, -0.2) is 4.98 Å². The molecule has 7 heteroatoms. The molecule has 128 valence electrons. The first-order chi connectivity index (χ1) is 11.0. The molecule has 1 fully saturated rings. The highest BCUT2D eigenvalue weighted by Gasteiger charge is 2.23. The Morgan fingerprint density at radius 2 is 2.13 bits per heavy atom. The summed E-state index contributed by atoms with van der Waals surface area (Å²) in [5.41, 5.74) is 0. The van der Waals surface area contributed by atoms with E-state index in [9.17, 15) is 9.18 Å². The van der Waals surface area contributed by atoms with Crippen molar-refractivity contribution < 1.29 is 13.9 Å². The van der Waals surface area contributed by atoms with Crippen molar-refractivity contribution in [1.82, 2.24) is 10.3 Å². The molecule has 1 saturated carbocycles. The van der Waals surface area contributed by atoms with Crippen LogP contribution >= 0.6 is 15.9 Å². The minimum absolute atomic E-state index is 0.227. The van der Waals surface area contributed by atoms with Crippen molar-refractivity contribution in [2.45, 2.75) is 31.7 Å². The molecule has 1 aromatic heterocycles. The van der Waals surface area contributed by atoms with Crippen molar-refractivity contribution >= 4 is 27.7 Å². The van der Waals surface area contributed by atoms with Gasteiger partial charge in [0, 0.05) is 19.6 Å². The Morgan fingerprint density at radius 3 is 2.74 bits per heavy atom. The summed E-state index contributed by atoms with van der Waals surface area (Å²) >= 11 is 3.12. The van der Waals surface area contributed by atoms with Gasteiger partial charge in [-0.15, -0.1) is 0 Å². The molecule has 0 amide bonds. The number of carbonyl (C=O) groups excluding carboxylic acids is 1. The second-order valence-corrected chi connectivity index (χ2v) is 6.85. The van der Waals surface area contributed by atoms with Crippen LogP contribution in [-0.2, 0) is 9.53 Å². The van der Waals surface area contributed by atoms with E-state index in [1.165, 1.54) is 7.11 Å². The van der Waals surface area contributed by atoms with Gasteiger partial charge in [0.1, 0.15) is 5.82 Å². The van der Waals surface area contributed by atoms with Crippen LogP contribution in [0.1, 0.15) is 25.7 Å². The lowest BCUT2D eigenvalue weighted by Crippen LogP contribution is -2.38. The molecule has 1 aliphatic rings. The van der Waals surface area contributed by atoms with E-state index in [1.54, 1.807) is 6.07 Å². The Labute approximate surface area is 144 Å². The highest BCUT2D eigenvalue weighted by Crippen LogP contribution is 2.26. The van der Waals surface area contributed by atoms with E-state index in [0.717, 1.165) is 32.2 Å². The quantitative estimate of drug-likeness (QED) is 0.600. The molecule has 2 rings (SSSR count). The standard InChI is InChI=1S/C16H23BrFN3O2/c1-21(14-8-7-13(17)16(18)20-14)10-11-3-5-12(6-4-11)19-9-15(22)23-2/h7-8,11-12,19H,3-6,9-10H2,1-2H3/t11-,12+. The van der Waals surface area contributed by atoms with E-state index < -0.39 is 5.95 Å². The Bertz CT molecular complexity index is 536. The summed E-state index contributed by atoms with van der Waals surface area (Å²) in [6.45, 7) is 1.13. The molecule has 0 unspecified atom stereocenters. The number of rotatable bonds is 6. The molecule has 0 aliphatic heterocycles. The number of nitrogens with one attached hydrogen (secondary N) is 1. The average molecular weight is 388 g/mol. The van der Waals surface area contributed by atoms with Crippen LogP contribution in [0.5, 0.6) is 0 Å². The van der Waals surface area contributed by atoms with Gasteiger partial charge >= 0.3 is 5.97 Å². The topological polar surface area (TPSA) is 54.5 Å². The molecule has 0 atom stereocenters. The van der Waals surface area contributed by atoms with Gasteiger partial charge in [0.25, 0.3) is 0 Å². The number of halogens is 2. The van der Waals surface area contributed by atoms with Gasteiger partial charge in [-0.1, -0.05) is 0 Å². The molecule has 0 spiro atoms. The molecular formula is C16H23BrFN3O2. The Balaban J connectivity index is 1.77. The zero-order valence-corrected chi connectivity index (χ0v) is 15.1. The third-order valence-corrected chi connectivity index (χ3v) is 4.91. The minimum Gasteiger partial charge on any atom is -0.468 e. The second-order valence-electron chi connectivity index (χ2n) is 6.00. The molecule has 23 heavy (non-hydrogen) atoms. The maximum Gasteiger partial charge on any atom is 0.319 e. The van der Waals surface area contributed by atoms with Crippen LogP contribution in [0.25, 0.3) is 0 Å². The summed E-state index contributed by atoms with van der Waals surface area (Å²) in [5, 5.41) is 3.24. The normalized spacial score (nSPS) is 21.0. The number of hydrogen-bond acceptors (Lipinski definition) is 5. The van der Waals surface area contributed by atoms with E-state index >= 15 is 0 Å². The van der Waals surface area contributed by atoms with Crippen molar-refractivity contribution in [3.8, 4) is 0 Å².